The molecule has 0 N–H and O–H groups in total. The fraction of sp³-hybridized carbons (Fsp3) is 0.700. The van der Waals surface area contributed by atoms with E-state index < -0.39 is 14.1 Å². The fourth-order valence-electron chi connectivity index (χ4n) is 2.57. The van der Waals surface area contributed by atoms with Gasteiger partial charge in [-0.15, -0.1) is 0 Å². The van der Waals surface area contributed by atoms with E-state index in [1.807, 2.05) is 32.0 Å². The Balaban J connectivity index is 1.89. The van der Waals surface area contributed by atoms with E-state index in [4.69, 9.17) is 18.6 Å². The highest BCUT2D eigenvalue weighted by Gasteiger charge is 2.44. The molecule has 1 saturated heterocycles. The number of ether oxygens (including phenoxy) is 3. The molecule has 1 aromatic carbocycles. The normalized spacial score (nSPS) is 23.8. The highest BCUT2D eigenvalue weighted by Crippen LogP contribution is 2.37. The first-order valence-electron chi connectivity index (χ1n) is 9.11. The van der Waals surface area contributed by atoms with Crippen molar-refractivity contribution in [1.82, 2.24) is 0 Å². The van der Waals surface area contributed by atoms with Crippen molar-refractivity contribution in [3.63, 3.8) is 0 Å². The summed E-state index contributed by atoms with van der Waals surface area (Å²) in [7, 11) is -1.81. The summed E-state index contributed by atoms with van der Waals surface area (Å²) >= 11 is 0. The van der Waals surface area contributed by atoms with Crippen LogP contribution in [0.5, 0.6) is 0 Å². The van der Waals surface area contributed by atoms with Gasteiger partial charge in [-0.05, 0) is 37.5 Å². The molecule has 0 saturated carbocycles. The molecule has 0 aliphatic carbocycles. The minimum Gasteiger partial charge on any atom is -0.414 e. The van der Waals surface area contributed by atoms with E-state index in [1.165, 1.54) is 0 Å². The first kappa shape index (κ1) is 20.6. The van der Waals surface area contributed by atoms with Crippen LogP contribution < -0.4 is 0 Å². The lowest BCUT2D eigenvalue weighted by Crippen LogP contribution is -2.44. The van der Waals surface area contributed by atoms with Crippen LogP contribution in [0.1, 0.15) is 40.2 Å². The molecule has 2 rings (SSSR count). The third-order valence-electron chi connectivity index (χ3n) is 5.09. The molecule has 25 heavy (non-hydrogen) atoms. The molecule has 4 nitrogen and oxygen atoms in total. The molecule has 1 aromatic rings. The van der Waals surface area contributed by atoms with E-state index >= 15 is 0 Å². The lowest BCUT2D eigenvalue weighted by atomic mass is 10.2. The zero-order valence-electron chi connectivity index (χ0n) is 16.8. The maximum Gasteiger partial charge on any atom is 0.192 e. The molecular weight excluding hydrogens is 332 g/mol. The topological polar surface area (TPSA) is 36.9 Å². The average molecular weight is 367 g/mol. The standard InChI is InChI=1S/C20H34O4Si/c1-19(2,3)25(6,7)22-15-18-17(23-20(4,5)24-18)14-21-13-16-11-9-8-10-12-16/h8-12,17-18H,13-15H2,1-7H3/t17-,18-/m1/s1. The first-order chi connectivity index (χ1) is 11.5. The summed E-state index contributed by atoms with van der Waals surface area (Å²) in [5.74, 6) is -0.595. The molecule has 2 atom stereocenters. The maximum absolute atomic E-state index is 6.34. The molecular formula is C20H34O4Si. The Labute approximate surface area is 153 Å². The van der Waals surface area contributed by atoms with Gasteiger partial charge in [-0.2, -0.15) is 0 Å². The largest absolute Gasteiger partial charge is 0.414 e. The van der Waals surface area contributed by atoms with E-state index in [0.29, 0.717) is 19.8 Å². The van der Waals surface area contributed by atoms with Crippen LogP contribution >= 0.6 is 0 Å². The second-order valence-electron chi connectivity index (χ2n) is 8.78. The van der Waals surface area contributed by atoms with Crippen LogP contribution in [0.3, 0.4) is 0 Å². The molecule has 0 amide bonds. The van der Waals surface area contributed by atoms with Crippen LogP contribution in [-0.4, -0.2) is 39.5 Å². The lowest BCUT2D eigenvalue weighted by Gasteiger charge is -2.37. The van der Waals surface area contributed by atoms with Crippen LogP contribution in [0, 0.1) is 0 Å². The van der Waals surface area contributed by atoms with E-state index in [2.05, 4.69) is 46.0 Å². The first-order valence-corrected chi connectivity index (χ1v) is 12.0. The molecule has 1 heterocycles. The molecule has 0 aromatic heterocycles. The summed E-state index contributed by atoms with van der Waals surface area (Å²) in [6.45, 7) is 16.8. The highest BCUT2D eigenvalue weighted by molar-refractivity contribution is 6.74. The van der Waals surface area contributed by atoms with Crippen LogP contribution in [0.2, 0.25) is 18.1 Å². The van der Waals surface area contributed by atoms with E-state index in [-0.39, 0.29) is 17.2 Å². The van der Waals surface area contributed by atoms with E-state index in [0.717, 1.165) is 5.56 Å². The molecule has 1 fully saturated rings. The zero-order valence-corrected chi connectivity index (χ0v) is 17.8. The molecule has 1 aliphatic rings. The van der Waals surface area contributed by atoms with Crippen LogP contribution in [-0.2, 0) is 25.2 Å². The third-order valence-corrected chi connectivity index (χ3v) is 9.59. The predicted octanol–water partition coefficient (Wildman–Crippen LogP) is 4.75. The summed E-state index contributed by atoms with van der Waals surface area (Å²) in [6.07, 6.45) is -0.205. The predicted molar refractivity (Wildman–Crippen MR) is 103 cm³/mol. The Morgan fingerprint density at radius 2 is 1.56 bits per heavy atom. The van der Waals surface area contributed by atoms with Crippen molar-refractivity contribution in [2.75, 3.05) is 13.2 Å². The van der Waals surface area contributed by atoms with Gasteiger partial charge in [0.2, 0.25) is 0 Å². The van der Waals surface area contributed by atoms with Crippen molar-refractivity contribution in [1.29, 1.82) is 0 Å². The summed E-state index contributed by atoms with van der Waals surface area (Å²) in [4.78, 5) is 0. The Bertz CT molecular complexity index is 536. The maximum atomic E-state index is 6.34. The van der Waals surface area contributed by atoms with Gasteiger partial charge in [0, 0.05) is 0 Å². The van der Waals surface area contributed by atoms with Crippen molar-refractivity contribution in [2.45, 2.75) is 77.4 Å². The van der Waals surface area contributed by atoms with Crippen LogP contribution in [0.15, 0.2) is 30.3 Å². The minimum absolute atomic E-state index is 0.0973. The monoisotopic (exact) mass is 366 g/mol. The van der Waals surface area contributed by atoms with Gasteiger partial charge >= 0.3 is 0 Å². The zero-order chi connectivity index (χ0) is 18.7. The number of hydrogen-bond donors (Lipinski definition) is 0. The molecule has 1 aliphatic heterocycles. The molecule has 0 radical (unpaired) electrons. The molecule has 5 heteroatoms. The van der Waals surface area contributed by atoms with Crippen molar-refractivity contribution >= 4 is 8.32 Å². The third kappa shape index (κ3) is 5.90. The van der Waals surface area contributed by atoms with Crippen molar-refractivity contribution < 1.29 is 18.6 Å². The van der Waals surface area contributed by atoms with Gasteiger partial charge in [-0.1, -0.05) is 51.1 Å². The Morgan fingerprint density at radius 3 is 2.12 bits per heavy atom. The smallest absolute Gasteiger partial charge is 0.192 e. The highest BCUT2D eigenvalue weighted by atomic mass is 28.4. The second-order valence-corrected chi connectivity index (χ2v) is 13.6. The Kier molecular flexibility index (Phi) is 6.49. The van der Waals surface area contributed by atoms with Crippen LogP contribution in [0.25, 0.3) is 0 Å². The summed E-state index contributed by atoms with van der Waals surface area (Å²) in [5.41, 5.74) is 1.16. The molecule has 0 spiro atoms. The molecule has 142 valence electrons. The number of rotatable bonds is 7. The summed E-state index contributed by atoms with van der Waals surface area (Å²) in [6, 6.07) is 10.2. The minimum atomic E-state index is -1.81. The van der Waals surface area contributed by atoms with Crippen LogP contribution in [0.4, 0.5) is 0 Å². The Hall–Kier alpha value is -0.723. The summed E-state index contributed by atoms with van der Waals surface area (Å²) < 4.78 is 24.3. The van der Waals surface area contributed by atoms with E-state index in [9.17, 15) is 0 Å². The number of benzene rings is 1. The molecule has 0 unspecified atom stereocenters. The quantitative estimate of drug-likeness (QED) is 0.653. The van der Waals surface area contributed by atoms with Crippen molar-refractivity contribution in [2.24, 2.45) is 0 Å². The second kappa shape index (κ2) is 7.88. The average Bonchev–Trinajstić information content (AvgIpc) is 2.79. The van der Waals surface area contributed by atoms with Gasteiger partial charge in [0.15, 0.2) is 14.1 Å². The number of hydrogen-bond acceptors (Lipinski definition) is 4. The fourth-order valence-corrected chi connectivity index (χ4v) is 3.58. The van der Waals surface area contributed by atoms with Gasteiger partial charge in [0.05, 0.1) is 19.8 Å². The lowest BCUT2D eigenvalue weighted by molar-refractivity contribution is -0.153. The molecule has 0 bridgehead atoms. The van der Waals surface area contributed by atoms with Crippen molar-refractivity contribution in [3.05, 3.63) is 35.9 Å². The van der Waals surface area contributed by atoms with Gasteiger partial charge in [0.1, 0.15) is 12.2 Å². The van der Waals surface area contributed by atoms with Gasteiger partial charge in [-0.3, -0.25) is 0 Å². The van der Waals surface area contributed by atoms with Gasteiger partial charge in [-0.25, -0.2) is 0 Å². The summed E-state index contributed by atoms with van der Waals surface area (Å²) in [5, 5.41) is 0.182. The van der Waals surface area contributed by atoms with Gasteiger partial charge in [0.25, 0.3) is 0 Å². The van der Waals surface area contributed by atoms with E-state index in [1.54, 1.807) is 0 Å². The van der Waals surface area contributed by atoms with Gasteiger partial charge < -0.3 is 18.6 Å². The SMILES string of the molecule is CC1(C)O[C@H](COCc2ccccc2)[C@@H](CO[Si](C)(C)C(C)(C)C)O1. The van der Waals surface area contributed by atoms with Crippen molar-refractivity contribution in [3.8, 4) is 0 Å². The Morgan fingerprint density at radius 1 is 1.00 bits per heavy atom.